The molecular formula is C14H12N4O2S. The van der Waals surface area contributed by atoms with Crippen LogP contribution in [0.2, 0.25) is 0 Å². The van der Waals surface area contributed by atoms with Crippen molar-refractivity contribution in [3.8, 4) is 11.3 Å². The zero-order valence-corrected chi connectivity index (χ0v) is 12.3. The number of benzene rings is 1. The van der Waals surface area contributed by atoms with Gasteiger partial charge in [0.15, 0.2) is 0 Å². The number of rotatable bonds is 3. The first-order chi connectivity index (χ1) is 10.1. The van der Waals surface area contributed by atoms with Crippen molar-refractivity contribution in [1.82, 2.24) is 14.7 Å². The molecular weight excluding hydrogens is 288 g/mol. The molecule has 0 spiro atoms. The molecule has 6 nitrogen and oxygen atoms in total. The average Bonchev–Trinajstić information content (AvgIpc) is 3.09. The van der Waals surface area contributed by atoms with Crippen molar-refractivity contribution in [2.24, 2.45) is 0 Å². The van der Waals surface area contributed by atoms with Gasteiger partial charge in [0.25, 0.3) is 5.91 Å². The molecule has 0 saturated carbocycles. The molecule has 0 radical (unpaired) electrons. The molecule has 3 rings (SSSR count). The quantitative estimate of drug-likeness (QED) is 0.804. The van der Waals surface area contributed by atoms with Crippen molar-refractivity contribution in [3.63, 3.8) is 0 Å². The molecule has 21 heavy (non-hydrogen) atoms. The molecule has 0 aliphatic rings. The van der Waals surface area contributed by atoms with Crippen LogP contribution in [0.3, 0.4) is 0 Å². The van der Waals surface area contributed by atoms with Crippen molar-refractivity contribution in [1.29, 1.82) is 0 Å². The lowest BCUT2D eigenvalue weighted by Crippen LogP contribution is -2.10. The van der Waals surface area contributed by atoms with Crippen molar-refractivity contribution in [2.75, 3.05) is 5.32 Å². The maximum absolute atomic E-state index is 12.0. The van der Waals surface area contributed by atoms with Gasteiger partial charge in [-0.2, -0.15) is 0 Å². The van der Waals surface area contributed by atoms with Crippen molar-refractivity contribution in [2.45, 2.75) is 13.8 Å². The van der Waals surface area contributed by atoms with E-state index in [9.17, 15) is 4.79 Å². The number of nitrogens with zero attached hydrogens (tertiary/aromatic N) is 3. The smallest absolute Gasteiger partial charge is 0.271 e. The molecule has 0 atom stereocenters. The number of hydrogen-bond donors (Lipinski definition) is 1. The van der Waals surface area contributed by atoms with Gasteiger partial charge in [0.1, 0.15) is 10.6 Å². The SMILES string of the molecule is Cc1ccc(-c2cc(NC(=O)c3snnc3C)on2)cc1. The van der Waals surface area contributed by atoms with E-state index < -0.39 is 0 Å². The van der Waals surface area contributed by atoms with Gasteiger partial charge in [-0.3, -0.25) is 10.1 Å². The van der Waals surface area contributed by atoms with Crippen LogP contribution in [-0.4, -0.2) is 20.7 Å². The van der Waals surface area contributed by atoms with Crippen molar-refractivity contribution in [3.05, 3.63) is 46.5 Å². The van der Waals surface area contributed by atoms with Gasteiger partial charge in [-0.1, -0.05) is 39.5 Å². The van der Waals surface area contributed by atoms with Gasteiger partial charge in [-0.05, 0) is 25.4 Å². The third kappa shape index (κ3) is 2.82. The summed E-state index contributed by atoms with van der Waals surface area (Å²) in [6.45, 7) is 3.75. The molecule has 1 N–H and O–H groups in total. The van der Waals surface area contributed by atoms with Gasteiger partial charge in [-0.25, -0.2) is 0 Å². The standard InChI is InChI=1S/C14H12N4O2S/c1-8-3-5-10(6-4-8)11-7-12(20-17-11)15-14(19)13-9(2)16-18-21-13/h3-7H,1-2H3,(H,15,19). The number of aromatic nitrogens is 3. The number of amides is 1. The lowest BCUT2D eigenvalue weighted by molar-refractivity contribution is 0.102. The molecule has 2 aromatic heterocycles. The van der Waals surface area contributed by atoms with E-state index in [2.05, 4.69) is 20.1 Å². The van der Waals surface area contributed by atoms with Crippen LogP contribution in [-0.2, 0) is 0 Å². The number of hydrogen-bond acceptors (Lipinski definition) is 6. The number of carbonyl (C=O) groups excluding carboxylic acids is 1. The maximum Gasteiger partial charge on any atom is 0.271 e. The van der Waals surface area contributed by atoms with Crippen LogP contribution < -0.4 is 5.32 Å². The van der Waals surface area contributed by atoms with Gasteiger partial charge in [0.05, 0.1) is 5.69 Å². The van der Waals surface area contributed by atoms with Crippen LogP contribution in [0.1, 0.15) is 20.9 Å². The number of carbonyl (C=O) groups is 1. The third-order valence-corrected chi connectivity index (χ3v) is 3.78. The molecule has 0 saturated heterocycles. The van der Waals surface area contributed by atoms with Gasteiger partial charge in [-0.15, -0.1) is 5.10 Å². The summed E-state index contributed by atoms with van der Waals surface area (Å²) in [6.07, 6.45) is 0. The summed E-state index contributed by atoms with van der Waals surface area (Å²) < 4.78 is 8.87. The fourth-order valence-electron chi connectivity index (χ4n) is 1.80. The van der Waals surface area contributed by atoms with E-state index in [0.29, 0.717) is 22.1 Å². The summed E-state index contributed by atoms with van der Waals surface area (Å²) in [5.41, 5.74) is 3.37. The van der Waals surface area contributed by atoms with Gasteiger partial charge >= 0.3 is 0 Å². The Morgan fingerprint density at radius 1 is 1.24 bits per heavy atom. The van der Waals surface area contributed by atoms with Crippen LogP contribution in [0.5, 0.6) is 0 Å². The molecule has 3 aromatic rings. The summed E-state index contributed by atoms with van der Waals surface area (Å²) in [4.78, 5) is 12.5. The summed E-state index contributed by atoms with van der Waals surface area (Å²) in [5.74, 6) is -0.00233. The number of nitrogens with one attached hydrogen (secondary N) is 1. The highest BCUT2D eigenvalue weighted by molar-refractivity contribution is 7.08. The normalized spacial score (nSPS) is 10.6. The largest absolute Gasteiger partial charge is 0.338 e. The van der Waals surface area contributed by atoms with E-state index in [1.165, 1.54) is 5.56 Å². The maximum atomic E-state index is 12.0. The highest BCUT2D eigenvalue weighted by atomic mass is 32.1. The average molecular weight is 300 g/mol. The first-order valence-corrected chi connectivity index (χ1v) is 7.05. The second-order valence-electron chi connectivity index (χ2n) is 4.58. The minimum absolute atomic E-state index is 0.295. The molecule has 0 aliphatic heterocycles. The van der Waals surface area contributed by atoms with Crippen LogP contribution in [0, 0.1) is 13.8 Å². The van der Waals surface area contributed by atoms with Crippen molar-refractivity contribution >= 4 is 23.3 Å². The first-order valence-electron chi connectivity index (χ1n) is 6.27. The third-order valence-electron chi connectivity index (χ3n) is 2.95. The monoisotopic (exact) mass is 300 g/mol. The number of aryl methyl sites for hydroxylation is 2. The molecule has 1 aromatic carbocycles. The lowest BCUT2D eigenvalue weighted by Gasteiger charge is -1.97. The van der Waals surface area contributed by atoms with Crippen LogP contribution >= 0.6 is 11.5 Å². The van der Waals surface area contributed by atoms with Gasteiger partial charge < -0.3 is 4.52 Å². The Bertz CT molecular complexity index is 776. The molecule has 0 bridgehead atoms. The summed E-state index contributed by atoms with van der Waals surface area (Å²) in [6, 6.07) is 9.59. The van der Waals surface area contributed by atoms with E-state index in [1.807, 2.05) is 31.2 Å². The zero-order valence-electron chi connectivity index (χ0n) is 11.5. The van der Waals surface area contributed by atoms with E-state index in [-0.39, 0.29) is 5.91 Å². The minimum Gasteiger partial charge on any atom is -0.338 e. The highest BCUT2D eigenvalue weighted by Crippen LogP contribution is 2.22. The van der Waals surface area contributed by atoms with Crippen molar-refractivity contribution < 1.29 is 9.32 Å². The summed E-state index contributed by atoms with van der Waals surface area (Å²) >= 11 is 1.05. The topological polar surface area (TPSA) is 80.9 Å². The first kappa shape index (κ1) is 13.4. The summed E-state index contributed by atoms with van der Waals surface area (Å²) in [7, 11) is 0. The van der Waals surface area contributed by atoms with Gasteiger partial charge in [0.2, 0.25) is 5.88 Å². The Morgan fingerprint density at radius 3 is 2.67 bits per heavy atom. The minimum atomic E-state index is -0.297. The molecule has 0 unspecified atom stereocenters. The fraction of sp³-hybridized carbons (Fsp3) is 0.143. The van der Waals surface area contributed by atoms with Crippen LogP contribution in [0.15, 0.2) is 34.9 Å². The van der Waals surface area contributed by atoms with E-state index >= 15 is 0 Å². The molecule has 106 valence electrons. The Labute approximate surface area is 125 Å². The second kappa shape index (κ2) is 5.45. The molecule has 0 aliphatic carbocycles. The predicted octanol–water partition coefficient (Wildman–Crippen LogP) is 3.06. The molecule has 0 fully saturated rings. The Hall–Kier alpha value is -2.54. The second-order valence-corrected chi connectivity index (χ2v) is 5.34. The van der Waals surface area contributed by atoms with Crippen LogP contribution in [0.25, 0.3) is 11.3 Å². The molecule has 7 heteroatoms. The van der Waals surface area contributed by atoms with E-state index in [1.54, 1.807) is 13.0 Å². The summed E-state index contributed by atoms with van der Waals surface area (Å²) in [5, 5.41) is 10.4. The molecule has 1 amide bonds. The Morgan fingerprint density at radius 2 is 2.00 bits per heavy atom. The zero-order chi connectivity index (χ0) is 14.8. The van der Waals surface area contributed by atoms with Crippen LogP contribution in [0.4, 0.5) is 5.88 Å². The predicted molar refractivity (Wildman–Crippen MR) is 79.3 cm³/mol. The number of anilines is 1. The van der Waals surface area contributed by atoms with E-state index in [4.69, 9.17) is 4.52 Å². The fourth-order valence-corrected chi connectivity index (χ4v) is 2.35. The molecule has 2 heterocycles. The highest BCUT2D eigenvalue weighted by Gasteiger charge is 2.15. The van der Waals surface area contributed by atoms with E-state index in [0.717, 1.165) is 17.1 Å². The van der Waals surface area contributed by atoms with Gasteiger partial charge in [0, 0.05) is 11.6 Å². The Kier molecular flexibility index (Phi) is 3.49. The lowest BCUT2D eigenvalue weighted by atomic mass is 10.1. The Balaban J connectivity index is 1.78.